The number of para-hydroxylation sites is 1. The summed E-state index contributed by atoms with van der Waals surface area (Å²) >= 11 is 0. The van der Waals surface area contributed by atoms with E-state index < -0.39 is 0 Å². The van der Waals surface area contributed by atoms with Crippen LogP contribution in [0.15, 0.2) is 18.2 Å². The zero-order valence-corrected chi connectivity index (χ0v) is 13.2. The summed E-state index contributed by atoms with van der Waals surface area (Å²) in [5, 5.41) is 3.59. The number of fused-ring (bicyclic) bond motifs is 1. The highest BCUT2D eigenvalue weighted by Crippen LogP contribution is 2.37. The van der Waals surface area contributed by atoms with E-state index in [1.807, 2.05) is 0 Å². The smallest absolute Gasteiger partial charge is 0.127 e. The van der Waals surface area contributed by atoms with Crippen LogP contribution in [0.5, 0.6) is 5.75 Å². The van der Waals surface area contributed by atoms with Crippen molar-refractivity contribution in [2.45, 2.75) is 58.2 Å². The molecule has 112 valence electrons. The van der Waals surface area contributed by atoms with Crippen molar-refractivity contribution in [2.75, 3.05) is 13.7 Å². The third-order valence-corrected chi connectivity index (χ3v) is 3.76. The van der Waals surface area contributed by atoms with Crippen molar-refractivity contribution >= 4 is 0 Å². The Labute approximate surface area is 122 Å². The van der Waals surface area contributed by atoms with E-state index in [-0.39, 0.29) is 5.60 Å². The van der Waals surface area contributed by atoms with E-state index in [9.17, 15) is 0 Å². The van der Waals surface area contributed by atoms with Crippen LogP contribution in [0.25, 0.3) is 0 Å². The molecule has 0 bridgehead atoms. The molecule has 0 amide bonds. The summed E-state index contributed by atoms with van der Waals surface area (Å²) < 4.78 is 11.4. The normalized spacial score (nSPS) is 17.6. The first-order valence-corrected chi connectivity index (χ1v) is 7.58. The molecule has 20 heavy (non-hydrogen) atoms. The monoisotopic (exact) mass is 277 g/mol. The minimum Gasteiger partial charge on any atom is -0.487 e. The molecule has 0 saturated carbocycles. The zero-order chi connectivity index (χ0) is 14.6. The third-order valence-electron chi connectivity index (χ3n) is 3.76. The third kappa shape index (κ3) is 3.74. The first-order chi connectivity index (χ1) is 9.55. The quantitative estimate of drug-likeness (QED) is 0.829. The van der Waals surface area contributed by atoms with Gasteiger partial charge in [0.05, 0.1) is 6.61 Å². The average Bonchev–Trinajstić information content (AvgIpc) is 2.71. The Hall–Kier alpha value is -1.06. The fourth-order valence-corrected chi connectivity index (χ4v) is 2.87. The lowest BCUT2D eigenvalue weighted by Gasteiger charge is -2.20. The Balaban J connectivity index is 2.02. The highest BCUT2D eigenvalue weighted by Gasteiger charge is 2.31. The van der Waals surface area contributed by atoms with Gasteiger partial charge in [-0.25, -0.2) is 0 Å². The van der Waals surface area contributed by atoms with Crippen LogP contribution in [0.1, 0.15) is 44.7 Å². The summed E-state index contributed by atoms with van der Waals surface area (Å²) in [6, 6.07) is 6.87. The van der Waals surface area contributed by atoms with E-state index in [1.165, 1.54) is 11.1 Å². The van der Waals surface area contributed by atoms with Gasteiger partial charge in [0.25, 0.3) is 0 Å². The summed E-state index contributed by atoms with van der Waals surface area (Å²) in [6.45, 7) is 8.10. The molecule has 1 aromatic carbocycles. The molecule has 0 spiro atoms. The molecule has 1 heterocycles. The largest absolute Gasteiger partial charge is 0.487 e. The van der Waals surface area contributed by atoms with Crippen molar-refractivity contribution in [3.8, 4) is 5.75 Å². The first-order valence-electron chi connectivity index (χ1n) is 7.58. The van der Waals surface area contributed by atoms with Crippen LogP contribution in [0.2, 0.25) is 0 Å². The van der Waals surface area contributed by atoms with Crippen molar-refractivity contribution in [3.63, 3.8) is 0 Å². The van der Waals surface area contributed by atoms with Crippen LogP contribution in [-0.4, -0.2) is 25.4 Å². The average molecular weight is 277 g/mol. The van der Waals surface area contributed by atoms with Crippen molar-refractivity contribution in [1.29, 1.82) is 0 Å². The first kappa shape index (κ1) is 15.3. The van der Waals surface area contributed by atoms with Gasteiger partial charge in [0.15, 0.2) is 0 Å². The minimum atomic E-state index is -0.0756. The second kappa shape index (κ2) is 6.59. The van der Waals surface area contributed by atoms with Crippen molar-refractivity contribution in [1.82, 2.24) is 5.32 Å². The van der Waals surface area contributed by atoms with Gasteiger partial charge in [0.2, 0.25) is 0 Å². The molecule has 3 heteroatoms. The van der Waals surface area contributed by atoms with Gasteiger partial charge in [-0.05, 0) is 25.8 Å². The molecule has 0 aromatic heterocycles. The Kier molecular flexibility index (Phi) is 5.06. The van der Waals surface area contributed by atoms with Crippen molar-refractivity contribution in [3.05, 3.63) is 29.3 Å². The minimum absolute atomic E-state index is 0.0756. The fraction of sp³-hybridized carbons (Fsp3) is 0.647. The summed E-state index contributed by atoms with van der Waals surface area (Å²) in [7, 11) is 1.76. The summed E-state index contributed by atoms with van der Waals surface area (Å²) in [4.78, 5) is 0. The SMILES string of the molecule is CCCC(COC)NCc1cccc2c1OC(C)(C)C2. The summed E-state index contributed by atoms with van der Waals surface area (Å²) in [5.74, 6) is 1.08. The number of rotatable bonds is 7. The number of hydrogen-bond acceptors (Lipinski definition) is 3. The fourth-order valence-electron chi connectivity index (χ4n) is 2.87. The van der Waals surface area contributed by atoms with Gasteiger partial charge >= 0.3 is 0 Å². The predicted octanol–water partition coefficient (Wildman–Crippen LogP) is 3.30. The van der Waals surface area contributed by atoms with Gasteiger partial charge < -0.3 is 14.8 Å². The Morgan fingerprint density at radius 1 is 1.40 bits per heavy atom. The van der Waals surface area contributed by atoms with Crippen LogP contribution in [0.3, 0.4) is 0 Å². The molecule has 0 radical (unpaired) electrons. The maximum absolute atomic E-state index is 6.11. The van der Waals surface area contributed by atoms with E-state index in [0.717, 1.165) is 38.2 Å². The molecule has 0 aliphatic carbocycles. The van der Waals surface area contributed by atoms with Gasteiger partial charge in [-0.2, -0.15) is 0 Å². The van der Waals surface area contributed by atoms with Gasteiger partial charge in [0, 0.05) is 31.7 Å². The molecular formula is C17H27NO2. The van der Waals surface area contributed by atoms with Crippen molar-refractivity contribution in [2.24, 2.45) is 0 Å². The van der Waals surface area contributed by atoms with E-state index in [2.05, 4.69) is 44.3 Å². The van der Waals surface area contributed by atoms with E-state index >= 15 is 0 Å². The van der Waals surface area contributed by atoms with Gasteiger partial charge in [-0.1, -0.05) is 31.5 Å². The highest BCUT2D eigenvalue weighted by molar-refractivity contribution is 5.45. The number of hydrogen-bond donors (Lipinski definition) is 1. The molecule has 1 N–H and O–H groups in total. The maximum Gasteiger partial charge on any atom is 0.127 e. The van der Waals surface area contributed by atoms with Crippen LogP contribution in [0.4, 0.5) is 0 Å². The van der Waals surface area contributed by atoms with Gasteiger partial charge in [0.1, 0.15) is 11.4 Å². The van der Waals surface area contributed by atoms with Crippen LogP contribution >= 0.6 is 0 Å². The molecule has 1 aliphatic rings. The van der Waals surface area contributed by atoms with Crippen LogP contribution in [0, 0.1) is 0 Å². The van der Waals surface area contributed by atoms with Crippen LogP contribution < -0.4 is 10.1 Å². The molecule has 1 unspecified atom stereocenters. The molecule has 2 rings (SSSR count). The molecule has 3 nitrogen and oxygen atoms in total. The number of ether oxygens (including phenoxy) is 2. The predicted molar refractivity (Wildman–Crippen MR) is 82.3 cm³/mol. The number of benzene rings is 1. The number of nitrogens with one attached hydrogen (secondary N) is 1. The molecule has 0 saturated heterocycles. The Bertz CT molecular complexity index is 437. The lowest BCUT2D eigenvalue weighted by Crippen LogP contribution is -2.32. The second-order valence-electron chi connectivity index (χ2n) is 6.27. The van der Waals surface area contributed by atoms with Crippen LogP contribution in [-0.2, 0) is 17.7 Å². The lowest BCUT2D eigenvalue weighted by atomic mass is 10.0. The topological polar surface area (TPSA) is 30.5 Å². The second-order valence-corrected chi connectivity index (χ2v) is 6.27. The Morgan fingerprint density at radius 3 is 2.90 bits per heavy atom. The molecule has 1 aliphatic heterocycles. The lowest BCUT2D eigenvalue weighted by molar-refractivity contribution is 0.136. The highest BCUT2D eigenvalue weighted by atomic mass is 16.5. The van der Waals surface area contributed by atoms with Gasteiger partial charge in [-0.15, -0.1) is 0 Å². The summed E-state index contributed by atoms with van der Waals surface area (Å²) in [6.07, 6.45) is 3.29. The molecule has 0 fully saturated rings. The summed E-state index contributed by atoms with van der Waals surface area (Å²) in [5.41, 5.74) is 2.51. The number of methoxy groups -OCH3 is 1. The zero-order valence-electron chi connectivity index (χ0n) is 13.2. The standard InChI is InChI=1S/C17H27NO2/c1-5-7-15(12-19-4)18-11-14-9-6-8-13-10-17(2,3)20-16(13)14/h6,8-9,15,18H,5,7,10-12H2,1-4H3. The molecule has 1 aromatic rings. The van der Waals surface area contributed by atoms with E-state index in [1.54, 1.807) is 7.11 Å². The van der Waals surface area contributed by atoms with E-state index in [4.69, 9.17) is 9.47 Å². The Morgan fingerprint density at radius 2 is 2.20 bits per heavy atom. The van der Waals surface area contributed by atoms with Gasteiger partial charge in [-0.3, -0.25) is 0 Å². The van der Waals surface area contributed by atoms with Crippen molar-refractivity contribution < 1.29 is 9.47 Å². The maximum atomic E-state index is 6.11. The van der Waals surface area contributed by atoms with E-state index in [0.29, 0.717) is 6.04 Å². The molecular weight excluding hydrogens is 250 g/mol. The molecule has 1 atom stereocenters.